The van der Waals surface area contributed by atoms with Gasteiger partial charge in [-0.05, 0) is 56.2 Å². The van der Waals surface area contributed by atoms with Gasteiger partial charge < -0.3 is 0 Å². The fourth-order valence-corrected chi connectivity index (χ4v) is 3.71. The van der Waals surface area contributed by atoms with Crippen molar-refractivity contribution in [3.63, 3.8) is 0 Å². The minimum Gasteiger partial charge on any atom is -0.257 e. The topological polar surface area (TPSA) is 59.1 Å². The van der Waals surface area contributed by atoms with Gasteiger partial charge in [-0.2, -0.15) is 0 Å². The van der Waals surface area contributed by atoms with E-state index in [1.54, 1.807) is 19.9 Å². The van der Waals surface area contributed by atoms with Crippen molar-refractivity contribution in [3.05, 3.63) is 58.7 Å². The molecular weight excluding hydrogens is 291 g/mol. The molecule has 4 nitrogen and oxygen atoms in total. The standard InChI is InChI=1S/C15H17FN2O2S/c1-10-7-13(16)8-11(2)15(10)21(19,20)17-9-14-6-4-5-12(3)18-14/h4-8,17H,9H2,1-3H3. The van der Waals surface area contributed by atoms with Gasteiger partial charge in [0.05, 0.1) is 17.1 Å². The predicted octanol–water partition coefficient (Wildman–Crippen LogP) is 2.62. The zero-order valence-corrected chi connectivity index (χ0v) is 13.0. The van der Waals surface area contributed by atoms with Gasteiger partial charge in [0.1, 0.15) is 5.82 Å². The molecule has 0 saturated heterocycles. The summed E-state index contributed by atoms with van der Waals surface area (Å²) in [5.41, 5.74) is 2.23. The fraction of sp³-hybridized carbons (Fsp3) is 0.267. The maximum absolute atomic E-state index is 13.3. The Hall–Kier alpha value is -1.79. The van der Waals surface area contributed by atoms with E-state index < -0.39 is 15.8 Å². The van der Waals surface area contributed by atoms with E-state index in [0.29, 0.717) is 16.8 Å². The molecule has 112 valence electrons. The molecule has 1 aromatic heterocycles. The Labute approximate surface area is 124 Å². The molecule has 0 radical (unpaired) electrons. The summed E-state index contributed by atoms with van der Waals surface area (Å²) in [7, 11) is -3.71. The molecule has 2 aromatic rings. The second-order valence-electron chi connectivity index (χ2n) is 4.96. The molecular formula is C15H17FN2O2S. The summed E-state index contributed by atoms with van der Waals surface area (Å²) in [6.07, 6.45) is 0. The summed E-state index contributed by atoms with van der Waals surface area (Å²) < 4.78 is 40.5. The van der Waals surface area contributed by atoms with Gasteiger partial charge in [-0.15, -0.1) is 0 Å². The number of benzene rings is 1. The van der Waals surface area contributed by atoms with Crippen molar-refractivity contribution in [3.8, 4) is 0 Å². The molecule has 0 saturated carbocycles. The molecule has 0 unspecified atom stereocenters. The molecule has 0 aliphatic carbocycles. The second kappa shape index (κ2) is 5.91. The van der Waals surface area contributed by atoms with E-state index in [9.17, 15) is 12.8 Å². The number of sulfonamides is 1. The van der Waals surface area contributed by atoms with Crippen LogP contribution < -0.4 is 4.72 Å². The number of halogens is 1. The Morgan fingerprint density at radius 2 is 1.76 bits per heavy atom. The number of nitrogens with zero attached hydrogens (tertiary/aromatic N) is 1. The zero-order valence-electron chi connectivity index (χ0n) is 12.1. The van der Waals surface area contributed by atoms with Crippen molar-refractivity contribution in [2.75, 3.05) is 0 Å². The Morgan fingerprint density at radius 3 is 2.33 bits per heavy atom. The van der Waals surface area contributed by atoms with Gasteiger partial charge in [0, 0.05) is 5.69 Å². The normalized spacial score (nSPS) is 11.6. The number of nitrogens with one attached hydrogen (secondary N) is 1. The van der Waals surface area contributed by atoms with E-state index in [1.807, 2.05) is 19.1 Å². The molecule has 6 heteroatoms. The van der Waals surface area contributed by atoms with E-state index in [2.05, 4.69) is 9.71 Å². The summed E-state index contributed by atoms with van der Waals surface area (Å²) in [6.45, 7) is 5.09. The number of hydrogen-bond donors (Lipinski definition) is 1. The first-order valence-corrected chi connectivity index (χ1v) is 7.97. The smallest absolute Gasteiger partial charge is 0.241 e. The molecule has 0 amide bonds. The number of rotatable bonds is 4. The van der Waals surface area contributed by atoms with E-state index >= 15 is 0 Å². The molecule has 1 N–H and O–H groups in total. The van der Waals surface area contributed by atoms with Gasteiger partial charge in [0.15, 0.2) is 0 Å². The van der Waals surface area contributed by atoms with Crippen LogP contribution in [0.2, 0.25) is 0 Å². The summed E-state index contributed by atoms with van der Waals surface area (Å²) in [4.78, 5) is 4.36. The number of aryl methyl sites for hydroxylation is 3. The van der Waals surface area contributed by atoms with Crippen molar-refractivity contribution in [1.29, 1.82) is 0 Å². The Bertz CT molecular complexity index is 750. The molecule has 21 heavy (non-hydrogen) atoms. The maximum Gasteiger partial charge on any atom is 0.241 e. The zero-order chi connectivity index (χ0) is 15.6. The largest absolute Gasteiger partial charge is 0.257 e. The Balaban J connectivity index is 2.27. The molecule has 0 fully saturated rings. The van der Waals surface area contributed by atoms with Crippen LogP contribution in [-0.4, -0.2) is 13.4 Å². The summed E-state index contributed by atoms with van der Waals surface area (Å²) in [5.74, 6) is -0.440. The summed E-state index contributed by atoms with van der Waals surface area (Å²) >= 11 is 0. The number of hydrogen-bond acceptors (Lipinski definition) is 3. The van der Waals surface area contributed by atoms with Crippen LogP contribution in [0.3, 0.4) is 0 Å². The highest BCUT2D eigenvalue weighted by atomic mass is 32.2. The second-order valence-corrected chi connectivity index (χ2v) is 6.67. The van der Waals surface area contributed by atoms with Crippen LogP contribution in [0.5, 0.6) is 0 Å². The van der Waals surface area contributed by atoms with Crippen molar-refractivity contribution in [2.45, 2.75) is 32.2 Å². The van der Waals surface area contributed by atoms with Crippen LogP contribution in [-0.2, 0) is 16.6 Å². The van der Waals surface area contributed by atoms with Crippen LogP contribution in [0.1, 0.15) is 22.5 Å². The SMILES string of the molecule is Cc1cccc(CNS(=O)(=O)c2c(C)cc(F)cc2C)n1. The average Bonchev–Trinajstić information content (AvgIpc) is 2.35. The summed E-state index contributed by atoms with van der Waals surface area (Å²) in [5, 5.41) is 0. The van der Waals surface area contributed by atoms with Crippen molar-refractivity contribution in [2.24, 2.45) is 0 Å². The van der Waals surface area contributed by atoms with Crippen molar-refractivity contribution < 1.29 is 12.8 Å². The summed E-state index contributed by atoms with van der Waals surface area (Å²) in [6, 6.07) is 7.84. The van der Waals surface area contributed by atoms with Crippen LogP contribution in [0, 0.1) is 26.6 Å². The Kier molecular flexibility index (Phi) is 4.39. The van der Waals surface area contributed by atoms with E-state index in [4.69, 9.17) is 0 Å². The quantitative estimate of drug-likeness (QED) is 0.944. The maximum atomic E-state index is 13.3. The molecule has 0 aliphatic heterocycles. The third-order valence-corrected chi connectivity index (χ3v) is 4.79. The van der Waals surface area contributed by atoms with E-state index in [1.165, 1.54) is 12.1 Å². The number of aromatic nitrogens is 1. The van der Waals surface area contributed by atoms with E-state index in [-0.39, 0.29) is 11.4 Å². The molecule has 1 heterocycles. The minimum atomic E-state index is -3.71. The highest BCUT2D eigenvalue weighted by Crippen LogP contribution is 2.21. The lowest BCUT2D eigenvalue weighted by molar-refractivity contribution is 0.577. The van der Waals surface area contributed by atoms with Crippen LogP contribution in [0.15, 0.2) is 35.2 Å². The monoisotopic (exact) mass is 308 g/mol. The Morgan fingerprint density at radius 1 is 1.14 bits per heavy atom. The van der Waals surface area contributed by atoms with Crippen LogP contribution in [0.25, 0.3) is 0 Å². The van der Waals surface area contributed by atoms with Gasteiger partial charge >= 0.3 is 0 Å². The van der Waals surface area contributed by atoms with Crippen LogP contribution in [0.4, 0.5) is 4.39 Å². The fourth-order valence-electron chi connectivity index (χ4n) is 2.26. The lowest BCUT2D eigenvalue weighted by Gasteiger charge is -2.12. The molecule has 0 atom stereocenters. The first-order valence-electron chi connectivity index (χ1n) is 6.48. The van der Waals surface area contributed by atoms with Gasteiger partial charge in [-0.25, -0.2) is 17.5 Å². The van der Waals surface area contributed by atoms with Gasteiger partial charge in [0.25, 0.3) is 0 Å². The third-order valence-electron chi connectivity index (χ3n) is 3.08. The third kappa shape index (κ3) is 3.65. The highest BCUT2D eigenvalue weighted by Gasteiger charge is 2.20. The van der Waals surface area contributed by atoms with Gasteiger partial charge in [-0.3, -0.25) is 4.98 Å². The highest BCUT2D eigenvalue weighted by molar-refractivity contribution is 7.89. The number of pyridine rings is 1. The molecule has 0 bridgehead atoms. The first-order chi connectivity index (χ1) is 9.79. The lowest BCUT2D eigenvalue weighted by atomic mass is 10.1. The predicted molar refractivity (Wildman–Crippen MR) is 78.9 cm³/mol. The molecule has 0 aliphatic rings. The minimum absolute atomic E-state index is 0.0975. The van der Waals surface area contributed by atoms with Gasteiger partial charge in [0.2, 0.25) is 10.0 Å². The molecule has 1 aromatic carbocycles. The van der Waals surface area contributed by atoms with Crippen molar-refractivity contribution >= 4 is 10.0 Å². The average molecular weight is 308 g/mol. The molecule has 2 rings (SSSR count). The lowest BCUT2D eigenvalue weighted by Crippen LogP contribution is -2.25. The first kappa shape index (κ1) is 15.6. The van der Waals surface area contributed by atoms with E-state index in [0.717, 1.165) is 5.69 Å². The van der Waals surface area contributed by atoms with Crippen LogP contribution >= 0.6 is 0 Å². The molecule has 0 spiro atoms. The van der Waals surface area contributed by atoms with Gasteiger partial charge in [-0.1, -0.05) is 6.07 Å². The van der Waals surface area contributed by atoms with Crippen molar-refractivity contribution in [1.82, 2.24) is 9.71 Å².